The number of amides is 4. The van der Waals surface area contributed by atoms with Crippen molar-refractivity contribution in [3.63, 3.8) is 0 Å². The predicted octanol–water partition coefficient (Wildman–Crippen LogP) is 3.21. The van der Waals surface area contributed by atoms with Gasteiger partial charge in [-0.15, -0.1) is 0 Å². The van der Waals surface area contributed by atoms with E-state index in [1.807, 2.05) is 0 Å². The smallest absolute Gasteiger partial charge is 0.376 e. The van der Waals surface area contributed by atoms with Crippen molar-refractivity contribution in [2.24, 2.45) is 5.92 Å². The Labute approximate surface area is 207 Å². The van der Waals surface area contributed by atoms with Crippen molar-refractivity contribution < 1.29 is 32.3 Å². The van der Waals surface area contributed by atoms with Gasteiger partial charge in [0.25, 0.3) is 5.91 Å². The van der Waals surface area contributed by atoms with Crippen LogP contribution in [0.2, 0.25) is 0 Å². The number of hydrogen-bond acceptors (Lipinski definition) is 4. The van der Waals surface area contributed by atoms with Crippen molar-refractivity contribution in [3.05, 3.63) is 46.7 Å². The van der Waals surface area contributed by atoms with E-state index in [9.17, 15) is 27.6 Å². The largest absolute Gasteiger partial charge is 0.416 e. The van der Waals surface area contributed by atoms with Crippen LogP contribution in [0, 0.1) is 5.92 Å². The van der Waals surface area contributed by atoms with Crippen molar-refractivity contribution in [2.75, 3.05) is 26.2 Å². The van der Waals surface area contributed by atoms with Gasteiger partial charge in [-0.05, 0) is 37.3 Å². The number of halogens is 3. The SMILES string of the molecule is CCN1C(=O)N[C@H](c2ccccc2C(F)(F)F)C2=C1CN([C@@H](C(=O)NC[C@@H]1CCCO1)C(C)C)C2=O. The number of ether oxygens (including phenoxy) is 1. The number of urea groups is 1. The number of likely N-dealkylation sites (N-methyl/N-ethyl adjacent to an activating group) is 1. The highest BCUT2D eigenvalue weighted by molar-refractivity contribution is 6.03. The maximum Gasteiger partial charge on any atom is 0.416 e. The van der Waals surface area contributed by atoms with Crippen molar-refractivity contribution >= 4 is 17.8 Å². The van der Waals surface area contributed by atoms with Crippen molar-refractivity contribution in [1.82, 2.24) is 20.4 Å². The molecule has 3 atom stereocenters. The topological polar surface area (TPSA) is 91.0 Å². The summed E-state index contributed by atoms with van der Waals surface area (Å²) in [5.74, 6) is -1.20. The van der Waals surface area contributed by atoms with Gasteiger partial charge in [0.1, 0.15) is 6.04 Å². The normalized spacial score (nSPS) is 23.3. The fraction of sp³-hybridized carbons (Fsp3) is 0.560. The van der Waals surface area contributed by atoms with Gasteiger partial charge < -0.3 is 20.3 Å². The number of alkyl halides is 3. The van der Waals surface area contributed by atoms with Gasteiger partial charge in [0.05, 0.1) is 35.5 Å². The summed E-state index contributed by atoms with van der Waals surface area (Å²) in [6.07, 6.45) is -2.99. The van der Waals surface area contributed by atoms with E-state index >= 15 is 0 Å². The number of nitrogens with zero attached hydrogens (tertiary/aromatic N) is 2. The van der Waals surface area contributed by atoms with E-state index < -0.39 is 35.8 Å². The second-order valence-electron chi connectivity index (χ2n) is 9.57. The molecule has 8 nitrogen and oxygen atoms in total. The van der Waals surface area contributed by atoms with E-state index in [2.05, 4.69) is 10.6 Å². The van der Waals surface area contributed by atoms with E-state index in [0.29, 0.717) is 18.8 Å². The lowest BCUT2D eigenvalue weighted by Crippen LogP contribution is -2.52. The van der Waals surface area contributed by atoms with Gasteiger partial charge in [-0.2, -0.15) is 13.2 Å². The first-order valence-electron chi connectivity index (χ1n) is 12.2. The molecule has 1 fully saturated rings. The summed E-state index contributed by atoms with van der Waals surface area (Å²) >= 11 is 0. The quantitative estimate of drug-likeness (QED) is 0.592. The third-order valence-corrected chi connectivity index (χ3v) is 6.91. The predicted molar refractivity (Wildman–Crippen MR) is 124 cm³/mol. The molecular weight excluding hydrogens is 477 g/mol. The molecule has 3 heterocycles. The maximum absolute atomic E-state index is 13.8. The zero-order valence-electron chi connectivity index (χ0n) is 20.5. The van der Waals surface area contributed by atoms with Crippen LogP contribution in [0.5, 0.6) is 0 Å². The Morgan fingerprint density at radius 3 is 2.58 bits per heavy atom. The average Bonchev–Trinajstić information content (AvgIpc) is 3.45. The summed E-state index contributed by atoms with van der Waals surface area (Å²) in [6.45, 7) is 6.46. The monoisotopic (exact) mass is 508 g/mol. The molecule has 4 amide bonds. The summed E-state index contributed by atoms with van der Waals surface area (Å²) in [5, 5.41) is 5.46. The lowest BCUT2D eigenvalue weighted by Gasteiger charge is -2.33. The number of rotatable bonds is 7. The first-order valence-corrected chi connectivity index (χ1v) is 12.2. The molecule has 0 unspecified atom stereocenters. The Morgan fingerprint density at radius 2 is 1.97 bits per heavy atom. The molecular formula is C25H31F3N4O4. The first kappa shape index (κ1) is 26.0. The molecule has 0 bridgehead atoms. The number of hydrogen-bond donors (Lipinski definition) is 2. The van der Waals surface area contributed by atoms with Crippen LogP contribution in [-0.4, -0.2) is 66.0 Å². The van der Waals surface area contributed by atoms with E-state index in [1.165, 1.54) is 28.0 Å². The molecule has 11 heteroatoms. The summed E-state index contributed by atoms with van der Waals surface area (Å²) in [4.78, 5) is 42.6. The molecule has 3 aliphatic rings. The molecule has 1 aromatic carbocycles. The van der Waals surface area contributed by atoms with Crippen LogP contribution < -0.4 is 10.6 Å². The fourth-order valence-corrected chi connectivity index (χ4v) is 5.24. The lowest BCUT2D eigenvalue weighted by atomic mass is 9.91. The molecule has 0 spiro atoms. The zero-order valence-corrected chi connectivity index (χ0v) is 20.5. The van der Waals surface area contributed by atoms with Crippen LogP contribution in [0.3, 0.4) is 0 Å². The summed E-state index contributed by atoms with van der Waals surface area (Å²) in [5.41, 5.74) is -0.745. The van der Waals surface area contributed by atoms with E-state index in [1.54, 1.807) is 20.8 Å². The van der Waals surface area contributed by atoms with Crippen molar-refractivity contribution in [3.8, 4) is 0 Å². The molecule has 1 saturated heterocycles. The van der Waals surface area contributed by atoms with Crippen LogP contribution in [0.15, 0.2) is 35.5 Å². The molecule has 0 aromatic heterocycles. The van der Waals surface area contributed by atoms with Gasteiger partial charge in [-0.3, -0.25) is 14.5 Å². The van der Waals surface area contributed by atoms with Crippen molar-refractivity contribution in [1.29, 1.82) is 0 Å². The number of benzene rings is 1. The van der Waals surface area contributed by atoms with Gasteiger partial charge in [0.2, 0.25) is 5.91 Å². The standard InChI is InChI=1S/C25H31F3N4O4/c1-4-31-18-13-32(21(14(2)3)22(33)29-12-15-8-7-11-36-15)23(34)19(18)20(30-24(31)35)16-9-5-6-10-17(16)25(26,27)28/h5-6,9-10,14-15,20-21H,4,7-8,11-13H2,1-3H3,(H,29,33)(H,30,35)/t15-,20+,21+/m0/s1. The molecule has 36 heavy (non-hydrogen) atoms. The third-order valence-electron chi connectivity index (χ3n) is 6.91. The van der Waals surface area contributed by atoms with Gasteiger partial charge in [-0.25, -0.2) is 4.79 Å². The van der Waals surface area contributed by atoms with Crippen LogP contribution in [0.25, 0.3) is 0 Å². The molecule has 0 aliphatic carbocycles. The summed E-state index contributed by atoms with van der Waals surface area (Å²) in [6, 6.07) is 2.17. The molecule has 0 radical (unpaired) electrons. The number of carbonyl (C=O) groups is 3. The van der Waals surface area contributed by atoms with Gasteiger partial charge in [-0.1, -0.05) is 32.0 Å². The lowest BCUT2D eigenvalue weighted by molar-refractivity contribution is -0.139. The van der Waals surface area contributed by atoms with Crippen LogP contribution >= 0.6 is 0 Å². The van der Waals surface area contributed by atoms with Gasteiger partial charge >= 0.3 is 12.2 Å². The average molecular weight is 509 g/mol. The minimum Gasteiger partial charge on any atom is -0.376 e. The van der Waals surface area contributed by atoms with Gasteiger partial charge in [0, 0.05) is 19.7 Å². The Morgan fingerprint density at radius 1 is 1.25 bits per heavy atom. The minimum atomic E-state index is -4.67. The van der Waals surface area contributed by atoms with Crippen LogP contribution in [-0.2, 0) is 20.5 Å². The molecule has 4 rings (SSSR count). The molecule has 3 aliphatic heterocycles. The minimum absolute atomic E-state index is 0.0453. The van der Waals surface area contributed by atoms with Gasteiger partial charge in [0.15, 0.2) is 0 Å². The highest BCUT2D eigenvalue weighted by atomic mass is 19.4. The molecule has 1 aromatic rings. The van der Waals surface area contributed by atoms with Crippen LogP contribution in [0.1, 0.15) is 50.8 Å². The second kappa shape index (κ2) is 10.1. The summed E-state index contributed by atoms with van der Waals surface area (Å²) < 4.78 is 47.0. The maximum atomic E-state index is 13.8. The zero-order chi connectivity index (χ0) is 26.2. The molecule has 0 saturated carbocycles. The Hall–Kier alpha value is -3.08. The Balaban J connectivity index is 1.68. The van der Waals surface area contributed by atoms with Crippen LogP contribution in [0.4, 0.5) is 18.0 Å². The fourth-order valence-electron chi connectivity index (χ4n) is 5.24. The Kier molecular flexibility index (Phi) is 7.31. The highest BCUT2D eigenvalue weighted by Crippen LogP contribution is 2.42. The first-order chi connectivity index (χ1) is 17.0. The third kappa shape index (κ3) is 4.80. The molecule has 2 N–H and O–H groups in total. The van der Waals surface area contributed by atoms with E-state index in [4.69, 9.17) is 4.74 Å². The molecule has 196 valence electrons. The highest BCUT2D eigenvalue weighted by Gasteiger charge is 2.49. The summed E-state index contributed by atoms with van der Waals surface area (Å²) in [7, 11) is 0. The van der Waals surface area contributed by atoms with E-state index in [-0.39, 0.29) is 42.2 Å². The number of carbonyl (C=O) groups excluding carboxylic acids is 3. The van der Waals surface area contributed by atoms with E-state index in [0.717, 1.165) is 18.9 Å². The number of nitrogens with one attached hydrogen (secondary N) is 2. The van der Waals surface area contributed by atoms with Crippen molar-refractivity contribution in [2.45, 2.75) is 58.0 Å². The Bertz CT molecular complexity index is 1070. The second-order valence-corrected chi connectivity index (χ2v) is 9.57.